The summed E-state index contributed by atoms with van der Waals surface area (Å²) in [5.74, 6) is -0.0607. The number of nitrogens with one attached hydrogen (secondary N) is 2. The standard InChI is InChI=1S/C13H25N3O2.ClH/c1-14-9-8-12(17)15-10-13(18)16(2)11-6-4-3-5-7-11;/h11,14H,3-10H2,1-2H3,(H,15,17);1H. The Bertz CT molecular complexity index is 281. The minimum Gasteiger partial charge on any atom is -0.347 e. The van der Waals surface area contributed by atoms with Gasteiger partial charge < -0.3 is 15.5 Å². The molecule has 1 aliphatic rings. The first kappa shape index (κ1) is 18.2. The topological polar surface area (TPSA) is 61.4 Å². The monoisotopic (exact) mass is 291 g/mol. The van der Waals surface area contributed by atoms with Gasteiger partial charge in [0.25, 0.3) is 0 Å². The number of halogens is 1. The van der Waals surface area contributed by atoms with Crippen LogP contribution in [0.2, 0.25) is 0 Å². The molecular formula is C13H26ClN3O2. The highest BCUT2D eigenvalue weighted by Gasteiger charge is 2.21. The second-order valence-corrected chi connectivity index (χ2v) is 4.93. The molecule has 0 aromatic heterocycles. The summed E-state index contributed by atoms with van der Waals surface area (Å²) in [6.07, 6.45) is 6.29. The highest BCUT2D eigenvalue weighted by atomic mass is 35.5. The van der Waals surface area contributed by atoms with Crippen LogP contribution in [0.1, 0.15) is 38.5 Å². The molecule has 1 aliphatic carbocycles. The number of amides is 2. The van der Waals surface area contributed by atoms with E-state index in [4.69, 9.17) is 0 Å². The van der Waals surface area contributed by atoms with Crippen LogP contribution in [0.3, 0.4) is 0 Å². The highest BCUT2D eigenvalue weighted by molar-refractivity contribution is 5.85. The minimum atomic E-state index is -0.0743. The number of likely N-dealkylation sites (N-methyl/N-ethyl adjacent to an activating group) is 1. The predicted octanol–water partition coefficient (Wildman–Crippen LogP) is 0.925. The van der Waals surface area contributed by atoms with Crippen molar-refractivity contribution in [3.63, 3.8) is 0 Å². The fourth-order valence-electron chi connectivity index (χ4n) is 2.30. The summed E-state index contributed by atoms with van der Waals surface area (Å²) in [7, 11) is 3.65. The lowest BCUT2D eigenvalue weighted by Gasteiger charge is -2.31. The van der Waals surface area contributed by atoms with E-state index in [-0.39, 0.29) is 30.8 Å². The fraction of sp³-hybridized carbons (Fsp3) is 0.846. The Morgan fingerprint density at radius 2 is 1.84 bits per heavy atom. The van der Waals surface area contributed by atoms with E-state index in [1.165, 1.54) is 19.3 Å². The van der Waals surface area contributed by atoms with E-state index >= 15 is 0 Å². The van der Waals surface area contributed by atoms with Crippen molar-refractivity contribution < 1.29 is 9.59 Å². The van der Waals surface area contributed by atoms with E-state index < -0.39 is 0 Å². The Morgan fingerprint density at radius 1 is 1.21 bits per heavy atom. The van der Waals surface area contributed by atoms with Crippen molar-refractivity contribution in [2.75, 3.05) is 27.2 Å². The minimum absolute atomic E-state index is 0. The molecule has 0 heterocycles. The summed E-state index contributed by atoms with van der Waals surface area (Å²) in [5.41, 5.74) is 0. The first-order chi connectivity index (χ1) is 8.65. The van der Waals surface area contributed by atoms with Crippen LogP contribution in [-0.2, 0) is 9.59 Å². The van der Waals surface area contributed by atoms with Crippen molar-refractivity contribution in [1.29, 1.82) is 0 Å². The number of hydrogen-bond acceptors (Lipinski definition) is 3. The van der Waals surface area contributed by atoms with Gasteiger partial charge in [-0.25, -0.2) is 0 Å². The van der Waals surface area contributed by atoms with Crippen molar-refractivity contribution in [3.05, 3.63) is 0 Å². The number of nitrogens with zero attached hydrogens (tertiary/aromatic N) is 1. The fourth-order valence-corrected chi connectivity index (χ4v) is 2.30. The Kier molecular flexibility index (Phi) is 9.61. The normalized spacial score (nSPS) is 15.5. The number of rotatable bonds is 6. The molecule has 0 unspecified atom stereocenters. The van der Waals surface area contributed by atoms with E-state index in [1.807, 2.05) is 7.05 Å². The summed E-state index contributed by atoms with van der Waals surface area (Å²) in [4.78, 5) is 25.1. The van der Waals surface area contributed by atoms with Crippen molar-refractivity contribution in [2.24, 2.45) is 0 Å². The predicted molar refractivity (Wildman–Crippen MR) is 78.4 cm³/mol. The zero-order valence-electron chi connectivity index (χ0n) is 11.9. The summed E-state index contributed by atoms with van der Waals surface area (Å²) < 4.78 is 0. The molecule has 112 valence electrons. The Morgan fingerprint density at radius 3 is 2.42 bits per heavy atom. The molecule has 0 spiro atoms. The number of carbonyl (C=O) groups is 2. The Balaban J connectivity index is 0.00000324. The zero-order chi connectivity index (χ0) is 13.4. The van der Waals surface area contributed by atoms with E-state index in [0.717, 1.165) is 12.8 Å². The summed E-state index contributed by atoms with van der Waals surface area (Å²) in [6, 6.07) is 0.362. The van der Waals surface area contributed by atoms with Crippen LogP contribution >= 0.6 is 12.4 Å². The molecule has 0 aromatic carbocycles. The molecule has 6 heteroatoms. The first-order valence-electron chi connectivity index (χ1n) is 6.82. The largest absolute Gasteiger partial charge is 0.347 e. The average molecular weight is 292 g/mol. The van der Waals surface area contributed by atoms with Gasteiger partial charge in [-0.1, -0.05) is 19.3 Å². The van der Waals surface area contributed by atoms with E-state index in [0.29, 0.717) is 19.0 Å². The second-order valence-electron chi connectivity index (χ2n) is 4.93. The van der Waals surface area contributed by atoms with E-state index in [9.17, 15) is 9.59 Å². The van der Waals surface area contributed by atoms with Gasteiger partial charge in [-0.05, 0) is 19.9 Å². The van der Waals surface area contributed by atoms with Gasteiger partial charge in [-0.2, -0.15) is 0 Å². The highest BCUT2D eigenvalue weighted by Crippen LogP contribution is 2.21. The zero-order valence-corrected chi connectivity index (χ0v) is 12.7. The molecule has 0 radical (unpaired) electrons. The maximum Gasteiger partial charge on any atom is 0.241 e. The van der Waals surface area contributed by atoms with Crippen LogP contribution in [0.4, 0.5) is 0 Å². The van der Waals surface area contributed by atoms with Gasteiger partial charge in [-0.15, -0.1) is 12.4 Å². The molecule has 0 aliphatic heterocycles. The SMILES string of the molecule is CNCCC(=O)NCC(=O)N(C)C1CCCCC1.Cl. The molecule has 0 bridgehead atoms. The molecule has 1 fully saturated rings. The van der Waals surface area contributed by atoms with Crippen LogP contribution in [0.5, 0.6) is 0 Å². The van der Waals surface area contributed by atoms with Gasteiger partial charge in [-0.3, -0.25) is 9.59 Å². The third-order valence-corrected chi connectivity index (χ3v) is 3.55. The molecule has 19 heavy (non-hydrogen) atoms. The van der Waals surface area contributed by atoms with Gasteiger partial charge in [0.05, 0.1) is 6.54 Å². The van der Waals surface area contributed by atoms with Crippen LogP contribution in [0.25, 0.3) is 0 Å². The van der Waals surface area contributed by atoms with Gasteiger partial charge in [0.15, 0.2) is 0 Å². The van der Waals surface area contributed by atoms with Gasteiger partial charge >= 0.3 is 0 Å². The van der Waals surface area contributed by atoms with Crippen molar-refractivity contribution in [2.45, 2.75) is 44.6 Å². The molecule has 0 saturated heterocycles. The lowest BCUT2D eigenvalue weighted by atomic mass is 9.94. The van der Waals surface area contributed by atoms with Crippen LogP contribution in [0, 0.1) is 0 Å². The summed E-state index contributed by atoms with van der Waals surface area (Å²) >= 11 is 0. The van der Waals surface area contributed by atoms with E-state index in [1.54, 1.807) is 11.9 Å². The molecular weight excluding hydrogens is 266 g/mol. The molecule has 2 N–H and O–H groups in total. The van der Waals surface area contributed by atoms with Gasteiger partial charge in [0.2, 0.25) is 11.8 Å². The quantitative estimate of drug-likeness (QED) is 0.765. The Labute approximate surface area is 121 Å². The van der Waals surface area contributed by atoms with Crippen molar-refractivity contribution in [1.82, 2.24) is 15.5 Å². The molecule has 1 saturated carbocycles. The number of carbonyl (C=O) groups excluding carboxylic acids is 2. The molecule has 0 atom stereocenters. The van der Waals surface area contributed by atoms with Gasteiger partial charge in [0, 0.05) is 26.1 Å². The maximum absolute atomic E-state index is 11.9. The van der Waals surface area contributed by atoms with Crippen molar-refractivity contribution in [3.8, 4) is 0 Å². The van der Waals surface area contributed by atoms with E-state index in [2.05, 4.69) is 10.6 Å². The lowest BCUT2D eigenvalue weighted by Crippen LogP contribution is -2.44. The molecule has 2 amide bonds. The number of hydrogen-bond donors (Lipinski definition) is 2. The van der Waals surface area contributed by atoms with Gasteiger partial charge in [0.1, 0.15) is 0 Å². The molecule has 5 nitrogen and oxygen atoms in total. The Hall–Kier alpha value is -0.810. The van der Waals surface area contributed by atoms with Crippen molar-refractivity contribution >= 4 is 24.2 Å². The molecule has 0 aromatic rings. The third-order valence-electron chi connectivity index (χ3n) is 3.55. The van der Waals surface area contributed by atoms with Crippen LogP contribution < -0.4 is 10.6 Å². The average Bonchev–Trinajstić information content (AvgIpc) is 2.42. The summed E-state index contributed by atoms with van der Waals surface area (Å²) in [5, 5.41) is 5.57. The smallest absolute Gasteiger partial charge is 0.241 e. The van der Waals surface area contributed by atoms with Crippen LogP contribution in [0.15, 0.2) is 0 Å². The summed E-state index contributed by atoms with van der Waals surface area (Å²) in [6.45, 7) is 0.758. The lowest BCUT2D eigenvalue weighted by molar-refractivity contribution is -0.134. The maximum atomic E-state index is 11.9. The second kappa shape index (κ2) is 10.0. The third kappa shape index (κ3) is 6.78. The molecule has 1 rings (SSSR count). The first-order valence-corrected chi connectivity index (χ1v) is 6.82. The van der Waals surface area contributed by atoms with Crippen LogP contribution in [-0.4, -0.2) is 49.9 Å².